The Morgan fingerprint density at radius 2 is 1.63 bits per heavy atom. The van der Waals surface area contributed by atoms with Crippen LogP contribution in [0.3, 0.4) is 0 Å². The first kappa shape index (κ1) is 22.5. The van der Waals surface area contributed by atoms with Gasteiger partial charge in [-0.15, -0.1) is 0 Å². The molecule has 0 aromatic heterocycles. The second-order valence-corrected chi connectivity index (χ2v) is 6.46. The average molecular weight is 417 g/mol. The molecule has 30 heavy (non-hydrogen) atoms. The number of nitrogens with zero attached hydrogens (tertiary/aromatic N) is 2. The molecule has 0 aliphatic carbocycles. The summed E-state index contributed by atoms with van der Waals surface area (Å²) in [5.41, 5.74) is 0.594. The summed E-state index contributed by atoms with van der Waals surface area (Å²) in [6, 6.07) is 9.26. The third-order valence-electron chi connectivity index (χ3n) is 4.22. The standard InChI is InChI=1S/C20H23N3O7/c1-12(19(24)21-13-6-8-14(9-7-13)22(2)3)30-20(25)15-10-17(28-4)18(29-5)11-16(15)23(26)27/h6-12H,1-5H3,(H,21,24). The van der Waals surface area contributed by atoms with E-state index in [1.54, 1.807) is 12.1 Å². The number of hydrogen-bond donors (Lipinski definition) is 1. The number of hydrogen-bond acceptors (Lipinski definition) is 8. The Hall–Kier alpha value is -3.82. The predicted octanol–water partition coefficient (Wildman–Crippen LogP) is 2.86. The van der Waals surface area contributed by atoms with E-state index in [0.717, 1.165) is 17.8 Å². The molecule has 0 saturated carbocycles. The topological polar surface area (TPSA) is 120 Å². The van der Waals surface area contributed by atoms with Gasteiger partial charge >= 0.3 is 5.97 Å². The van der Waals surface area contributed by atoms with Gasteiger partial charge in [-0.25, -0.2) is 4.79 Å². The van der Waals surface area contributed by atoms with Gasteiger partial charge in [-0.05, 0) is 31.2 Å². The molecule has 0 fully saturated rings. The molecule has 2 aromatic rings. The number of nitrogens with one attached hydrogen (secondary N) is 1. The van der Waals surface area contributed by atoms with Crippen molar-refractivity contribution in [2.45, 2.75) is 13.0 Å². The van der Waals surface area contributed by atoms with Crippen LogP contribution in [0.25, 0.3) is 0 Å². The van der Waals surface area contributed by atoms with Crippen LogP contribution in [0.1, 0.15) is 17.3 Å². The highest BCUT2D eigenvalue weighted by molar-refractivity contribution is 5.99. The number of carbonyl (C=O) groups excluding carboxylic acids is 2. The van der Waals surface area contributed by atoms with Crippen LogP contribution in [0.4, 0.5) is 17.1 Å². The third kappa shape index (κ3) is 5.16. The fraction of sp³-hybridized carbons (Fsp3) is 0.300. The van der Waals surface area contributed by atoms with Crippen LogP contribution in [0.15, 0.2) is 36.4 Å². The molecule has 2 aromatic carbocycles. The number of anilines is 2. The molecule has 160 valence electrons. The van der Waals surface area contributed by atoms with Gasteiger partial charge in [-0.3, -0.25) is 14.9 Å². The largest absolute Gasteiger partial charge is 0.493 e. The number of ether oxygens (including phenoxy) is 3. The number of carbonyl (C=O) groups is 2. The number of nitro groups is 1. The van der Waals surface area contributed by atoms with Crippen molar-refractivity contribution in [2.75, 3.05) is 38.5 Å². The zero-order valence-corrected chi connectivity index (χ0v) is 17.3. The normalized spacial score (nSPS) is 11.2. The molecule has 1 N–H and O–H groups in total. The van der Waals surface area contributed by atoms with Crippen molar-refractivity contribution in [3.05, 3.63) is 52.1 Å². The van der Waals surface area contributed by atoms with Gasteiger partial charge < -0.3 is 24.4 Å². The van der Waals surface area contributed by atoms with E-state index < -0.39 is 28.6 Å². The first-order valence-electron chi connectivity index (χ1n) is 8.87. The zero-order chi connectivity index (χ0) is 22.4. The molecule has 10 heteroatoms. The first-order valence-corrected chi connectivity index (χ1v) is 8.87. The van der Waals surface area contributed by atoms with Gasteiger partial charge in [0.15, 0.2) is 17.6 Å². The molecular weight excluding hydrogens is 394 g/mol. The van der Waals surface area contributed by atoms with Crippen molar-refractivity contribution in [2.24, 2.45) is 0 Å². The Bertz CT molecular complexity index is 942. The van der Waals surface area contributed by atoms with Gasteiger partial charge in [-0.1, -0.05) is 0 Å². The average Bonchev–Trinajstić information content (AvgIpc) is 2.72. The van der Waals surface area contributed by atoms with Crippen molar-refractivity contribution in [1.29, 1.82) is 0 Å². The maximum absolute atomic E-state index is 12.5. The minimum Gasteiger partial charge on any atom is -0.493 e. The van der Waals surface area contributed by atoms with Crippen LogP contribution < -0.4 is 19.7 Å². The van der Waals surface area contributed by atoms with Crippen molar-refractivity contribution in [3.63, 3.8) is 0 Å². The van der Waals surface area contributed by atoms with Crippen molar-refractivity contribution in [3.8, 4) is 11.5 Å². The fourth-order valence-corrected chi connectivity index (χ4v) is 2.55. The maximum Gasteiger partial charge on any atom is 0.346 e. The molecule has 1 unspecified atom stereocenters. The van der Waals surface area contributed by atoms with E-state index >= 15 is 0 Å². The summed E-state index contributed by atoms with van der Waals surface area (Å²) in [6.45, 7) is 1.37. The van der Waals surface area contributed by atoms with E-state index in [2.05, 4.69) is 5.32 Å². The second kappa shape index (κ2) is 9.59. The van der Waals surface area contributed by atoms with E-state index in [1.165, 1.54) is 21.1 Å². The molecule has 1 amide bonds. The molecule has 0 aliphatic rings. The van der Waals surface area contributed by atoms with Crippen molar-refractivity contribution >= 4 is 28.9 Å². The molecule has 0 spiro atoms. The Morgan fingerprint density at radius 3 is 2.13 bits per heavy atom. The highest BCUT2D eigenvalue weighted by Crippen LogP contribution is 2.35. The summed E-state index contributed by atoms with van der Waals surface area (Å²) in [5.74, 6) is -1.40. The van der Waals surface area contributed by atoms with Crippen molar-refractivity contribution < 1.29 is 28.7 Å². The lowest BCUT2D eigenvalue weighted by atomic mass is 10.1. The smallest absolute Gasteiger partial charge is 0.346 e. The Morgan fingerprint density at radius 1 is 1.07 bits per heavy atom. The Kier molecular flexibility index (Phi) is 7.18. The van der Waals surface area contributed by atoms with E-state index in [-0.39, 0.29) is 17.1 Å². The van der Waals surface area contributed by atoms with Gasteiger partial charge in [0.05, 0.1) is 25.2 Å². The number of benzene rings is 2. The summed E-state index contributed by atoms with van der Waals surface area (Å²) < 4.78 is 15.2. The van der Waals surface area contributed by atoms with Crippen LogP contribution in [0, 0.1) is 10.1 Å². The maximum atomic E-state index is 12.5. The molecular formula is C20H23N3O7. The number of rotatable bonds is 8. The first-order chi connectivity index (χ1) is 14.2. The van der Waals surface area contributed by atoms with Gasteiger partial charge in [0.2, 0.25) is 0 Å². The van der Waals surface area contributed by atoms with E-state index in [9.17, 15) is 19.7 Å². The number of amides is 1. The summed E-state index contributed by atoms with van der Waals surface area (Å²) in [7, 11) is 6.43. The van der Waals surface area contributed by atoms with Gasteiger partial charge in [-0.2, -0.15) is 0 Å². The molecule has 2 rings (SSSR count). The number of esters is 1. The van der Waals surface area contributed by atoms with E-state index in [0.29, 0.717) is 5.69 Å². The lowest BCUT2D eigenvalue weighted by Gasteiger charge is -2.16. The van der Waals surface area contributed by atoms with Crippen LogP contribution in [-0.2, 0) is 9.53 Å². The molecule has 0 heterocycles. The Labute approximate surface area is 173 Å². The molecule has 1 atom stereocenters. The molecule has 0 saturated heterocycles. The summed E-state index contributed by atoms with van der Waals surface area (Å²) in [5, 5.41) is 14.0. The number of methoxy groups -OCH3 is 2. The zero-order valence-electron chi connectivity index (χ0n) is 17.3. The molecule has 0 aliphatic heterocycles. The van der Waals surface area contributed by atoms with Crippen LogP contribution in [0.2, 0.25) is 0 Å². The summed E-state index contributed by atoms with van der Waals surface area (Å²) in [4.78, 5) is 37.4. The van der Waals surface area contributed by atoms with Crippen LogP contribution in [-0.4, -0.2) is 51.2 Å². The summed E-state index contributed by atoms with van der Waals surface area (Å²) >= 11 is 0. The minimum atomic E-state index is -1.20. The Balaban J connectivity index is 2.16. The number of nitro benzene ring substituents is 1. The van der Waals surface area contributed by atoms with Gasteiger partial charge in [0.1, 0.15) is 5.56 Å². The van der Waals surface area contributed by atoms with E-state index in [4.69, 9.17) is 14.2 Å². The van der Waals surface area contributed by atoms with Gasteiger partial charge in [0, 0.05) is 31.5 Å². The second-order valence-electron chi connectivity index (χ2n) is 6.46. The lowest BCUT2D eigenvalue weighted by molar-refractivity contribution is -0.385. The van der Waals surface area contributed by atoms with Gasteiger partial charge in [0.25, 0.3) is 11.6 Å². The summed E-state index contributed by atoms with van der Waals surface area (Å²) in [6.07, 6.45) is -1.20. The van der Waals surface area contributed by atoms with Crippen LogP contribution >= 0.6 is 0 Å². The third-order valence-corrected chi connectivity index (χ3v) is 4.22. The monoisotopic (exact) mass is 417 g/mol. The fourth-order valence-electron chi connectivity index (χ4n) is 2.55. The molecule has 10 nitrogen and oxygen atoms in total. The minimum absolute atomic E-state index is 0.0905. The molecule has 0 bridgehead atoms. The van der Waals surface area contributed by atoms with E-state index in [1.807, 2.05) is 31.1 Å². The highest BCUT2D eigenvalue weighted by atomic mass is 16.6. The quantitative estimate of drug-likeness (QED) is 0.395. The highest BCUT2D eigenvalue weighted by Gasteiger charge is 2.28. The predicted molar refractivity (Wildman–Crippen MR) is 110 cm³/mol. The SMILES string of the molecule is COc1cc(C(=O)OC(C)C(=O)Nc2ccc(N(C)C)cc2)c([N+](=O)[O-])cc1OC. The lowest BCUT2D eigenvalue weighted by Crippen LogP contribution is -2.30. The van der Waals surface area contributed by atoms with Crippen LogP contribution in [0.5, 0.6) is 11.5 Å². The van der Waals surface area contributed by atoms with Crippen molar-refractivity contribution in [1.82, 2.24) is 0 Å². The molecule has 0 radical (unpaired) electrons.